The number of carbonyl (C=O) groups is 1. The lowest BCUT2D eigenvalue weighted by Crippen LogP contribution is -2.13. The van der Waals surface area contributed by atoms with Gasteiger partial charge in [0.1, 0.15) is 11.6 Å². The van der Waals surface area contributed by atoms with Gasteiger partial charge in [-0.2, -0.15) is 5.26 Å². The molecule has 0 spiro atoms. The number of hydrogen-bond acceptors (Lipinski definition) is 4. The number of amides is 1. The van der Waals surface area contributed by atoms with Crippen molar-refractivity contribution in [2.24, 2.45) is 0 Å². The monoisotopic (exact) mass is 424 g/mol. The van der Waals surface area contributed by atoms with Crippen LogP contribution >= 0.6 is 34.8 Å². The summed E-state index contributed by atoms with van der Waals surface area (Å²) in [4.78, 5) is 12.4. The Morgan fingerprint density at radius 2 is 1.85 bits per heavy atom. The molecule has 0 aliphatic rings. The number of carbonyl (C=O) groups excluding carboxylic acids is 1. The SMILES string of the molecule is CCOc1c(Cl)cc(C=C(C#N)C(=O)Nc2cc(Cl)cc(Cl)c2)cc1OC. The van der Waals surface area contributed by atoms with Gasteiger partial charge in [-0.25, -0.2) is 0 Å². The van der Waals surface area contributed by atoms with Gasteiger partial charge in [-0.3, -0.25) is 4.79 Å². The van der Waals surface area contributed by atoms with Crippen LogP contribution in [-0.4, -0.2) is 19.6 Å². The van der Waals surface area contributed by atoms with Gasteiger partial charge in [-0.1, -0.05) is 34.8 Å². The summed E-state index contributed by atoms with van der Waals surface area (Å²) in [6.45, 7) is 2.24. The van der Waals surface area contributed by atoms with Crippen molar-refractivity contribution in [2.75, 3.05) is 19.0 Å². The van der Waals surface area contributed by atoms with Crippen molar-refractivity contribution in [3.8, 4) is 17.6 Å². The fraction of sp³-hybridized carbons (Fsp3) is 0.158. The third-order valence-electron chi connectivity index (χ3n) is 3.34. The van der Waals surface area contributed by atoms with Crippen molar-refractivity contribution in [1.82, 2.24) is 0 Å². The van der Waals surface area contributed by atoms with E-state index in [0.29, 0.717) is 44.4 Å². The van der Waals surface area contributed by atoms with Gasteiger partial charge >= 0.3 is 0 Å². The Bertz CT molecular complexity index is 916. The summed E-state index contributed by atoms with van der Waals surface area (Å²) >= 11 is 18.0. The van der Waals surface area contributed by atoms with Crippen LogP contribution in [0.5, 0.6) is 11.5 Å². The zero-order chi connectivity index (χ0) is 20.0. The quantitative estimate of drug-likeness (QED) is 0.483. The maximum absolute atomic E-state index is 12.4. The van der Waals surface area contributed by atoms with E-state index >= 15 is 0 Å². The number of methoxy groups -OCH3 is 1. The molecule has 1 amide bonds. The molecule has 0 aliphatic heterocycles. The van der Waals surface area contributed by atoms with Crippen molar-refractivity contribution in [2.45, 2.75) is 6.92 Å². The molecule has 1 N–H and O–H groups in total. The zero-order valence-corrected chi connectivity index (χ0v) is 16.7. The average molecular weight is 426 g/mol. The van der Waals surface area contributed by atoms with Crippen LogP contribution < -0.4 is 14.8 Å². The van der Waals surface area contributed by atoms with Crippen molar-refractivity contribution in [3.05, 3.63) is 56.5 Å². The van der Waals surface area contributed by atoms with Gasteiger partial charge < -0.3 is 14.8 Å². The maximum atomic E-state index is 12.4. The molecule has 2 aromatic carbocycles. The molecule has 140 valence electrons. The van der Waals surface area contributed by atoms with Gasteiger partial charge in [-0.05, 0) is 48.9 Å². The predicted molar refractivity (Wildman–Crippen MR) is 108 cm³/mol. The van der Waals surface area contributed by atoms with Crippen LogP contribution in [0.25, 0.3) is 6.08 Å². The Kier molecular flexibility index (Phi) is 7.37. The Balaban J connectivity index is 2.33. The highest BCUT2D eigenvalue weighted by Crippen LogP contribution is 2.37. The number of nitrogens with one attached hydrogen (secondary N) is 1. The second kappa shape index (κ2) is 9.52. The molecule has 0 saturated heterocycles. The van der Waals surface area contributed by atoms with Gasteiger partial charge in [0.15, 0.2) is 11.5 Å². The number of nitrogens with zero attached hydrogens (tertiary/aromatic N) is 1. The highest BCUT2D eigenvalue weighted by molar-refractivity contribution is 6.35. The number of anilines is 1. The van der Waals surface area contributed by atoms with E-state index in [0.717, 1.165) is 0 Å². The number of nitriles is 1. The van der Waals surface area contributed by atoms with Crippen molar-refractivity contribution in [1.29, 1.82) is 5.26 Å². The lowest BCUT2D eigenvalue weighted by molar-refractivity contribution is -0.112. The van der Waals surface area contributed by atoms with Crippen LogP contribution in [0.1, 0.15) is 12.5 Å². The predicted octanol–water partition coefficient (Wildman–Crippen LogP) is 5.60. The molecular weight excluding hydrogens is 411 g/mol. The van der Waals surface area contributed by atoms with E-state index in [1.807, 2.05) is 13.0 Å². The summed E-state index contributed by atoms with van der Waals surface area (Å²) in [7, 11) is 1.47. The Hall–Kier alpha value is -2.39. The van der Waals surface area contributed by atoms with Gasteiger partial charge in [0.25, 0.3) is 5.91 Å². The van der Waals surface area contributed by atoms with E-state index in [4.69, 9.17) is 44.3 Å². The number of ether oxygens (including phenoxy) is 2. The first-order valence-corrected chi connectivity index (χ1v) is 8.90. The molecule has 0 aromatic heterocycles. The second-order valence-corrected chi connectivity index (χ2v) is 6.53. The van der Waals surface area contributed by atoms with Crippen LogP contribution in [0.15, 0.2) is 35.9 Å². The molecule has 27 heavy (non-hydrogen) atoms. The lowest BCUT2D eigenvalue weighted by atomic mass is 10.1. The van der Waals surface area contributed by atoms with Crippen molar-refractivity contribution < 1.29 is 14.3 Å². The largest absolute Gasteiger partial charge is 0.493 e. The third kappa shape index (κ3) is 5.54. The van der Waals surface area contributed by atoms with Gasteiger partial charge in [-0.15, -0.1) is 0 Å². The molecule has 0 atom stereocenters. The Morgan fingerprint density at radius 1 is 1.19 bits per heavy atom. The molecule has 0 fully saturated rings. The third-order valence-corrected chi connectivity index (χ3v) is 4.05. The van der Waals surface area contributed by atoms with E-state index in [1.165, 1.54) is 31.4 Å². The number of rotatable bonds is 6. The molecule has 2 aromatic rings. The molecule has 8 heteroatoms. The minimum absolute atomic E-state index is 0.131. The summed E-state index contributed by atoms with van der Waals surface area (Å²) in [5, 5.41) is 13.0. The van der Waals surface area contributed by atoms with Crippen LogP contribution in [-0.2, 0) is 4.79 Å². The summed E-state index contributed by atoms with van der Waals surface area (Å²) in [5.41, 5.74) is 0.755. The topological polar surface area (TPSA) is 71.3 Å². The van der Waals surface area contributed by atoms with Crippen molar-refractivity contribution in [3.63, 3.8) is 0 Å². The van der Waals surface area contributed by atoms with Crippen LogP contribution in [0.4, 0.5) is 5.69 Å². The average Bonchev–Trinajstić information content (AvgIpc) is 2.60. The smallest absolute Gasteiger partial charge is 0.266 e. The molecule has 5 nitrogen and oxygen atoms in total. The first-order chi connectivity index (χ1) is 12.9. The molecule has 0 heterocycles. The molecule has 2 rings (SSSR count). The van der Waals surface area contributed by atoms with Gasteiger partial charge in [0, 0.05) is 15.7 Å². The summed E-state index contributed by atoms with van der Waals surface area (Å²) < 4.78 is 10.7. The van der Waals surface area contributed by atoms with Gasteiger partial charge in [0.2, 0.25) is 0 Å². The van der Waals surface area contributed by atoms with Crippen LogP contribution in [0.3, 0.4) is 0 Å². The van der Waals surface area contributed by atoms with E-state index in [9.17, 15) is 10.1 Å². The summed E-state index contributed by atoms with van der Waals surface area (Å²) in [5.74, 6) is 0.185. The van der Waals surface area contributed by atoms with E-state index in [-0.39, 0.29) is 5.57 Å². The van der Waals surface area contributed by atoms with E-state index in [1.54, 1.807) is 12.1 Å². The number of benzene rings is 2. The fourth-order valence-corrected chi connectivity index (χ4v) is 3.05. The Morgan fingerprint density at radius 3 is 2.41 bits per heavy atom. The molecule has 0 aliphatic carbocycles. The first-order valence-electron chi connectivity index (χ1n) is 7.77. The molecule has 0 radical (unpaired) electrons. The van der Waals surface area contributed by atoms with Crippen molar-refractivity contribution >= 4 is 52.5 Å². The van der Waals surface area contributed by atoms with Crippen LogP contribution in [0, 0.1) is 11.3 Å². The lowest BCUT2D eigenvalue weighted by Gasteiger charge is -2.12. The summed E-state index contributed by atoms with van der Waals surface area (Å²) in [6.07, 6.45) is 1.39. The Labute approximate surface area is 172 Å². The maximum Gasteiger partial charge on any atom is 0.266 e. The first kappa shape index (κ1) is 20.9. The highest BCUT2D eigenvalue weighted by Gasteiger charge is 2.14. The van der Waals surface area contributed by atoms with Crippen LogP contribution in [0.2, 0.25) is 15.1 Å². The van der Waals surface area contributed by atoms with Gasteiger partial charge in [0.05, 0.1) is 18.7 Å². The van der Waals surface area contributed by atoms with E-state index in [2.05, 4.69) is 5.32 Å². The zero-order valence-electron chi connectivity index (χ0n) is 14.5. The molecule has 0 saturated carbocycles. The fourth-order valence-electron chi connectivity index (χ4n) is 2.25. The highest BCUT2D eigenvalue weighted by atomic mass is 35.5. The molecule has 0 unspecified atom stereocenters. The second-order valence-electron chi connectivity index (χ2n) is 5.25. The minimum Gasteiger partial charge on any atom is -0.493 e. The van der Waals surface area contributed by atoms with E-state index < -0.39 is 5.91 Å². The normalized spacial score (nSPS) is 10.9. The molecular formula is C19H15Cl3N2O3. The minimum atomic E-state index is -0.611. The molecule has 0 bridgehead atoms. The number of hydrogen-bond donors (Lipinski definition) is 1. The summed E-state index contributed by atoms with van der Waals surface area (Å²) in [6, 6.07) is 9.65. The number of halogens is 3. The standard InChI is InChI=1S/C19H15Cl3N2O3/c1-3-27-18-16(22)5-11(6-17(18)26-2)4-12(10-23)19(25)24-15-8-13(20)7-14(21)9-15/h4-9H,3H2,1-2H3,(H,24,25).